The fourth-order valence-corrected chi connectivity index (χ4v) is 4.41. The van der Waals surface area contributed by atoms with Gasteiger partial charge in [-0.3, -0.25) is 0 Å². The van der Waals surface area contributed by atoms with Gasteiger partial charge in [-0.2, -0.15) is 0 Å². The Bertz CT molecular complexity index is 1070. The van der Waals surface area contributed by atoms with Crippen LogP contribution in [0.1, 0.15) is 9.75 Å². The maximum atomic E-state index is 11.7. The predicted molar refractivity (Wildman–Crippen MR) is 98.6 cm³/mol. The van der Waals surface area contributed by atoms with Crippen LogP contribution in [0, 0.1) is 13.8 Å². The van der Waals surface area contributed by atoms with Crippen molar-refractivity contribution in [2.45, 2.75) is 13.8 Å². The molecule has 2 nitrogen and oxygen atoms in total. The van der Waals surface area contributed by atoms with Crippen molar-refractivity contribution in [3.05, 3.63) is 68.7 Å². The molecule has 4 rings (SSSR count). The normalized spacial score (nSPS) is 11.2. The lowest BCUT2D eigenvalue weighted by atomic mass is 10.0. The van der Waals surface area contributed by atoms with Crippen molar-refractivity contribution in [3.8, 4) is 20.9 Å². The average Bonchev–Trinajstić information content (AvgIpc) is 3.15. The van der Waals surface area contributed by atoms with E-state index in [4.69, 9.17) is 4.42 Å². The standard InChI is InChI=1S/C19H14O2S2/c1-11-3-6-16(22-11)14-9-13-5-8-18(20)21-19(13)15(10-14)17-7-4-12(2)23-17/h3-10H,1-2H3. The van der Waals surface area contributed by atoms with Crippen LogP contribution in [0.2, 0.25) is 0 Å². The van der Waals surface area contributed by atoms with Crippen LogP contribution in [0.5, 0.6) is 0 Å². The summed E-state index contributed by atoms with van der Waals surface area (Å²) in [4.78, 5) is 16.5. The smallest absolute Gasteiger partial charge is 0.336 e. The monoisotopic (exact) mass is 338 g/mol. The molecule has 0 saturated heterocycles. The first kappa shape index (κ1) is 14.4. The van der Waals surface area contributed by atoms with Gasteiger partial charge in [-0.1, -0.05) is 0 Å². The van der Waals surface area contributed by atoms with Crippen molar-refractivity contribution in [1.82, 2.24) is 0 Å². The average molecular weight is 338 g/mol. The van der Waals surface area contributed by atoms with E-state index in [0.29, 0.717) is 5.58 Å². The Labute approximate surface area is 141 Å². The molecular weight excluding hydrogens is 324 g/mol. The van der Waals surface area contributed by atoms with Crippen molar-refractivity contribution in [2.75, 3.05) is 0 Å². The zero-order valence-electron chi connectivity index (χ0n) is 12.8. The third kappa shape index (κ3) is 2.64. The molecule has 4 heteroatoms. The number of thiophene rings is 2. The number of fused-ring (bicyclic) bond motifs is 1. The molecule has 0 bridgehead atoms. The van der Waals surface area contributed by atoms with E-state index in [1.807, 2.05) is 6.07 Å². The molecule has 0 amide bonds. The molecule has 0 aliphatic heterocycles. The fraction of sp³-hybridized carbons (Fsp3) is 0.105. The first-order valence-electron chi connectivity index (χ1n) is 7.32. The second kappa shape index (κ2) is 5.48. The van der Waals surface area contributed by atoms with Crippen LogP contribution < -0.4 is 5.63 Å². The molecule has 0 radical (unpaired) electrons. The van der Waals surface area contributed by atoms with Gasteiger partial charge in [0.15, 0.2) is 0 Å². The maximum Gasteiger partial charge on any atom is 0.336 e. The summed E-state index contributed by atoms with van der Waals surface area (Å²) in [5.74, 6) is 0. The number of aryl methyl sites for hydroxylation is 2. The summed E-state index contributed by atoms with van der Waals surface area (Å²) in [6.45, 7) is 4.19. The summed E-state index contributed by atoms with van der Waals surface area (Å²) in [6, 6.07) is 16.0. The van der Waals surface area contributed by atoms with Crippen LogP contribution in [-0.4, -0.2) is 0 Å². The molecule has 0 saturated carbocycles. The Morgan fingerprint density at radius 3 is 2.17 bits per heavy atom. The van der Waals surface area contributed by atoms with Gasteiger partial charge in [0.2, 0.25) is 0 Å². The molecule has 0 atom stereocenters. The predicted octanol–water partition coefficient (Wildman–Crippen LogP) is 5.87. The van der Waals surface area contributed by atoms with E-state index >= 15 is 0 Å². The van der Waals surface area contributed by atoms with Crippen LogP contribution >= 0.6 is 22.7 Å². The molecule has 0 unspecified atom stereocenters. The summed E-state index contributed by atoms with van der Waals surface area (Å²) < 4.78 is 5.51. The number of hydrogen-bond donors (Lipinski definition) is 0. The molecular formula is C19H14O2S2. The number of rotatable bonds is 2. The van der Waals surface area contributed by atoms with Crippen LogP contribution in [0.15, 0.2) is 57.7 Å². The second-order valence-electron chi connectivity index (χ2n) is 5.52. The minimum Gasteiger partial charge on any atom is -0.422 e. The summed E-state index contributed by atoms with van der Waals surface area (Å²) >= 11 is 3.48. The zero-order chi connectivity index (χ0) is 16.0. The summed E-state index contributed by atoms with van der Waals surface area (Å²) in [5, 5.41) is 0.953. The zero-order valence-corrected chi connectivity index (χ0v) is 14.4. The lowest BCUT2D eigenvalue weighted by Crippen LogP contribution is -1.95. The van der Waals surface area contributed by atoms with E-state index in [1.54, 1.807) is 22.7 Å². The van der Waals surface area contributed by atoms with E-state index in [1.165, 1.54) is 20.7 Å². The highest BCUT2D eigenvalue weighted by atomic mass is 32.1. The van der Waals surface area contributed by atoms with Crippen LogP contribution in [0.4, 0.5) is 0 Å². The van der Waals surface area contributed by atoms with E-state index in [-0.39, 0.29) is 5.63 Å². The summed E-state index contributed by atoms with van der Waals surface area (Å²) in [7, 11) is 0. The Hall–Kier alpha value is -2.17. The molecule has 0 aliphatic carbocycles. The third-order valence-electron chi connectivity index (χ3n) is 3.75. The molecule has 3 aromatic heterocycles. The fourth-order valence-electron chi connectivity index (χ4n) is 2.68. The van der Waals surface area contributed by atoms with Crippen molar-refractivity contribution < 1.29 is 4.42 Å². The van der Waals surface area contributed by atoms with Gasteiger partial charge in [0.05, 0.1) is 0 Å². The SMILES string of the molecule is Cc1ccc(-c2cc(-c3ccc(C)s3)c3oc(=O)ccc3c2)s1. The molecule has 1 aromatic carbocycles. The summed E-state index contributed by atoms with van der Waals surface area (Å²) in [6.07, 6.45) is 0. The van der Waals surface area contributed by atoms with E-state index in [9.17, 15) is 4.79 Å². The molecule has 4 aromatic rings. The molecule has 114 valence electrons. The van der Waals surface area contributed by atoms with Crippen molar-refractivity contribution in [3.63, 3.8) is 0 Å². The highest BCUT2D eigenvalue weighted by Gasteiger charge is 2.13. The quantitative estimate of drug-likeness (QED) is 0.428. The van der Waals surface area contributed by atoms with Crippen molar-refractivity contribution in [1.29, 1.82) is 0 Å². The van der Waals surface area contributed by atoms with Gasteiger partial charge in [0.25, 0.3) is 0 Å². The van der Waals surface area contributed by atoms with Crippen LogP contribution in [-0.2, 0) is 0 Å². The minimum absolute atomic E-state index is 0.313. The maximum absolute atomic E-state index is 11.7. The molecule has 0 aliphatic rings. The third-order valence-corrected chi connectivity index (χ3v) is 5.83. The van der Waals surface area contributed by atoms with Gasteiger partial charge in [0.1, 0.15) is 5.58 Å². The number of hydrogen-bond acceptors (Lipinski definition) is 4. The molecule has 23 heavy (non-hydrogen) atoms. The largest absolute Gasteiger partial charge is 0.422 e. The molecule has 0 spiro atoms. The van der Waals surface area contributed by atoms with E-state index in [0.717, 1.165) is 21.4 Å². The molecule has 3 heterocycles. The van der Waals surface area contributed by atoms with E-state index < -0.39 is 0 Å². The van der Waals surface area contributed by atoms with E-state index in [2.05, 4.69) is 50.2 Å². The van der Waals surface area contributed by atoms with Gasteiger partial charge >= 0.3 is 5.63 Å². The van der Waals surface area contributed by atoms with Crippen LogP contribution in [0.3, 0.4) is 0 Å². The van der Waals surface area contributed by atoms with Gasteiger partial charge in [-0.25, -0.2) is 4.79 Å². The van der Waals surface area contributed by atoms with Crippen LogP contribution in [0.25, 0.3) is 31.9 Å². The number of benzene rings is 1. The highest BCUT2D eigenvalue weighted by molar-refractivity contribution is 7.16. The topological polar surface area (TPSA) is 30.2 Å². The summed E-state index contributed by atoms with van der Waals surface area (Å²) in [5.41, 5.74) is 2.49. The van der Waals surface area contributed by atoms with Gasteiger partial charge in [-0.05, 0) is 61.9 Å². The minimum atomic E-state index is -0.313. The second-order valence-corrected chi connectivity index (χ2v) is 8.09. The molecule has 0 N–H and O–H groups in total. The van der Waals surface area contributed by atoms with Crippen molar-refractivity contribution in [2.24, 2.45) is 0 Å². The van der Waals surface area contributed by atoms with Gasteiger partial charge in [-0.15, -0.1) is 22.7 Å². The first-order valence-corrected chi connectivity index (χ1v) is 8.95. The Morgan fingerprint density at radius 2 is 1.52 bits per heavy atom. The van der Waals surface area contributed by atoms with Gasteiger partial charge < -0.3 is 4.42 Å². The lowest BCUT2D eigenvalue weighted by Gasteiger charge is -2.07. The Morgan fingerprint density at radius 1 is 0.826 bits per heavy atom. The Balaban J connectivity index is 2.04. The highest BCUT2D eigenvalue weighted by Crippen LogP contribution is 2.38. The lowest BCUT2D eigenvalue weighted by molar-refractivity contribution is 0.562. The van der Waals surface area contributed by atoms with Gasteiger partial charge in [0, 0.05) is 36.5 Å². The first-order chi connectivity index (χ1) is 11.1. The molecule has 0 fully saturated rings. The Kier molecular flexibility index (Phi) is 3.43. The van der Waals surface area contributed by atoms with Crippen molar-refractivity contribution >= 4 is 33.6 Å².